The highest BCUT2D eigenvalue weighted by Crippen LogP contribution is 2.41. The molecule has 6 aromatic rings. The normalized spacial score (nSPS) is 11.7. The summed E-state index contributed by atoms with van der Waals surface area (Å²) in [6.07, 6.45) is 0. The second-order valence-electron chi connectivity index (χ2n) is 6.88. The number of ether oxygens (including phenoxy) is 2. The van der Waals surface area contributed by atoms with Gasteiger partial charge in [-0.15, -0.1) is 11.3 Å². The molecule has 0 fully saturated rings. The van der Waals surface area contributed by atoms with Crippen molar-refractivity contribution >= 4 is 49.1 Å². The van der Waals surface area contributed by atoms with E-state index in [2.05, 4.69) is 16.5 Å². The van der Waals surface area contributed by atoms with Crippen molar-refractivity contribution < 1.29 is 9.47 Å². The molecule has 0 radical (unpaired) electrons. The molecule has 0 unspecified atom stereocenters. The smallest absolute Gasteiger partial charge is 0.176 e. The zero-order valence-corrected chi connectivity index (χ0v) is 17.1. The van der Waals surface area contributed by atoms with Gasteiger partial charge in [0.15, 0.2) is 10.8 Å². The van der Waals surface area contributed by atoms with E-state index < -0.39 is 0 Å². The molecule has 0 aliphatic rings. The van der Waals surface area contributed by atoms with Gasteiger partial charge in [-0.25, -0.2) is 15.0 Å². The summed E-state index contributed by atoms with van der Waals surface area (Å²) in [5.74, 6) is 2.23. The van der Waals surface area contributed by atoms with Crippen LogP contribution in [0.2, 0.25) is 0 Å². The maximum Gasteiger partial charge on any atom is 0.176 e. The number of benzene rings is 3. The Labute approximate surface area is 175 Å². The Kier molecular flexibility index (Phi) is 3.66. The first-order chi connectivity index (χ1) is 14.8. The number of thiazole rings is 1. The number of fused-ring (bicyclic) bond motifs is 6. The molecule has 0 spiro atoms. The molecule has 0 atom stereocenters. The fourth-order valence-corrected chi connectivity index (χ4v) is 4.92. The van der Waals surface area contributed by atoms with Crippen LogP contribution < -0.4 is 9.47 Å². The lowest BCUT2D eigenvalue weighted by Crippen LogP contribution is -1.97. The van der Waals surface area contributed by atoms with Crippen LogP contribution in [-0.2, 0) is 0 Å². The van der Waals surface area contributed by atoms with Crippen molar-refractivity contribution in [3.63, 3.8) is 0 Å². The number of rotatable bonds is 3. The van der Waals surface area contributed by atoms with Crippen molar-refractivity contribution in [2.45, 2.75) is 0 Å². The Bertz CT molecular complexity index is 1540. The van der Waals surface area contributed by atoms with Gasteiger partial charge in [0.25, 0.3) is 0 Å². The Morgan fingerprint density at radius 1 is 0.767 bits per heavy atom. The summed E-state index contributed by atoms with van der Waals surface area (Å²) in [5.41, 5.74) is 4.44. The standard InChI is InChI=1S/C23H16N4O2S/c1-28-17-11-12-18(29-2)20-19(17)26-23(30-20)22-24-14-8-4-3-7-13(14)21-25-15-9-5-6-10-16(15)27(21)22/h3-12H,1-2H3. The average molecular weight is 412 g/mol. The van der Waals surface area contributed by atoms with Crippen LogP contribution >= 0.6 is 11.3 Å². The van der Waals surface area contributed by atoms with Crippen LogP contribution in [0, 0.1) is 0 Å². The van der Waals surface area contributed by atoms with E-state index in [0.717, 1.165) is 54.4 Å². The van der Waals surface area contributed by atoms with Crippen molar-refractivity contribution in [2.24, 2.45) is 0 Å². The molecule has 30 heavy (non-hydrogen) atoms. The van der Waals surface area contributed by atoms with Crippen LogP contribution in [0.5, 0.6) is 11.5 Å². The zero-order valence-electron chi connectivity index (χ0n) is 16.3. The van der Waals surface area contributed by atoms with Crippen LogP contribution in [-0.4, -0.2) is 33.6 Å². The third-order valence-corrected chi connectivity index (χ3v) is 6.31. The lowest BCUT2D eigenvalue weighted by atomic mass is 10.2. The van der Waals surface area contributed by atoms with Gasteiger partial charge in [-0.1, -0.05) is 24.3 Å². The number of nitrogens with zero attached hydrogens (tertiary/aromatic N) is 4. The van der Waals surface area contributed by atoms with Gasteiger partial charge in [0.05, 0.1) is 30.8 Å². The van der Waals surface area contributed by atoms with E-state index >= 15 is 0 Å². The molecule has 0 bridgehead atoms. The van der Waals surface area contributed by atoms with Crippen molar-refractivity contribution in [3.8, 4) is 22.3 Å². The fourth-order valence-electron chi connectivity index (χ4n) is 3.87. The number of methoxy groups -OCH3 is 2. The van der Waals surface area contributed by atoms with E-state index in [9.17, 15) is 0 Å². The van der Waals surface area contributed by atoms with E-state index in [1.165, 1.54) is 11.3 Å². The van der Waals surface area contributed by atoms with Crippen molar-refractivity contribution in [1.29, 1.82) is 0 Å². The Morgan fingerprint density at radius 3 is 2.33 bits per heavy atom. The Balaban J connectivity index is 1.78. The molecule has 6 rings (SSSR count). The Morgan fingerprint density at radius 2 is 1.50 bits per heavy atom. The van der Waals surface area contributed by atoms with Gasteiger partial charge in [0, 0.05) is 5.39 Å². The summed E-state index contributed by atoms with van der Waals surface area (Å²) >= 11 is 1.54. The molecule has 3 heterocycles. The SMILES string of the molecule is COc1ccc(OC)c2sc(-c3nc4ccccc4c4nc5ccccc5n34)nc12. The van der Waals surface area contributed by atoms with Crippen molar-refractivity contribution in [3.05, 3.63) is 60.7 Å². The third kappa shape index (κ3) is 2.32. The number of hydrogen-bond acceptors (Lipinski definition) is 6. The maximum absolute atomic E-state index is 5.56. The monoisotopic (exact) mass is 412 g/mol. The second kappa shape index (κ2) is 6.40. The van der Waals surface area contributed by atoms with E-state index in [-0.39, 0.29) is 0 Å². The van der Waals surface area contributed by atoms with Crippen molar-refractivity contribution in [2.75, 3.05) is 14.2 Å². The highest BCUT2D eigenvalue weighted by Gasteiger charge is 2.20. The van der Waals surface area contributed by atoms with Crippen LogP contribution in [0.4, 0.5) is 0 Å². The van der Waals surface area contributed by atoms with Crippen molar-refractivity contribution in [1.82, 2.24) is 19.4 Å². The third-order valence-electron chi connectivity index (χ3n) is 5.25. The summed E-state index contributed by atoms with van der Waals surface area (Å²) < 4.78 is 14.1. The molecular weight excluding hydrogens is 396 g/mol. The first-order valence-corrected chi connectivity index (χ1v) is 10.3. The van der Waals surface area contributed by atoms with Gasteiger partial charge in [0.1, 0.15) is 27.4 Å². The fraction of sp³-hybridized carbons (Fsp3) is 0.0870. The second-order valence-corrected chi connectivity index (χ2v) is 7.88. The molecular formula is C23H16N4O2S. The summed E-state index contributed by atoms with van der Waals surface area (Å²) in [7, 11) is 3.31. The number of para-hydroxylation sites is 3. The molecule has 3 aromatic heterocycles. The molecule has 7 heteroatoms. The van der Waals surface area contributed by atoms with Gasteiger partial charge in [-0.3, -0.25) is 4.40 Å². The molecule has 3 aromatic carbocycles. The topological polar surface area (TPSA) is 61.5 Å². The van der Waals surface area contributed by atoms with E-state index in [1.807, 2.05) is 48.5 Å². The predicted octanol–water partition coefficient (Wildman–Crippen LogP) is 5.33. The molecule has 0 amide bonds. The van der Waals surface area contributed by atoms with Gasteiger partial charge in [-0.2, -0.15) is 0 Å². The van der Waals surface area contributed by atoms with Crippen LogP contribution in [0.3, 0.4) is 0 Å². The number of hydrogen-bond donors (Lipinski definition) is 0. The quantitative estimate of drug-likeness (QED) is 0.393. The minimum absolute atomic E-state index is 0.709. The number of aromatic nitrogens is 4. The summed E-state index contributed by atoms with van der Waals surface area (Å²) in [5, 5.41) is 1.79. The van der Waals surface area contributed by atoms with Gasteiger partial charge in [-0.05, 0) is 36.4 Å². The van der Waals surface area contributed by atoms with Gasteiger partial charge < -0.3 is 9.47 Å². The highest BCUT2D eigenvalue weighted by molar-refractivity contribution is 7.22. The summed E-state index contributed by atoms with van der Waals surface area (Å²) in [4.78, 5) is 14.8. The average Bonchev–Trinajstić information content (AvgIpc) is 3.40. The minimum Gasteiger partial charge on any atom is -0.495 e. The van der Waals surface area contributed by atoms with Gasteiger partial charge in [0.2, 0.25) is 0 Å². The van der Waals surface area contributed by atoms with Crippen LogP contribution in [0.1, 0.15) is 0 Å². The summed E-state index contributed by atoms with van der Waals surface area (Å²) in [6, 6.07) is 19.9. The van der Waals surface area contributed by atoms with E-state index in [1.54, 1.807) is 14.2 Å². The molecule has 0 N–H and O–H groups in total. The maximum atomic E-state index is 5.56. The molecule has 146 valence electrons. The molecule has 0 aliphatic heterocycles. The first-order valence-electron chi connectivity index (χ1n) is 9.46. The van der Waals surface area contributed by atoms with Crippen LogP contribution in [0.25, 0.3) is 48.6 Å². The highest BCUT2D eigenvalue weighted by atomic mass is 32.1. The predicted molar refractivity (Wildman–Crippen MR) is 120 cm³/mol. The molecule has 0 saturated heterocycles. The molecule has 0 aliphatic carbocycles. The van der Waals surface area contributed by atoms with E-state index in [0.29, 0.717) is 5.75 Å². The number of imidazole rings is 1. The van der Waals surface area contributed by atoms with E-state index in [4.69, 9.17) is 24.4 Å². The largest absolute Gasteiger partial charge is 0.495 e. The Hall–Kier alpha value is -3.71. The zero-order chi connectivity index (χ0) is 20.2. The molecule has 0 saturated carbocycles. The van der Waals surface area contributed by atoms with Gasteiger partial charge >= 0.3 is 0 Å². The van der Waals surface area contributed by atoms with Crippen LogP contribution in [0.15, 0.2) is 60.7 Å². The molecule has 6 nitrogen and oxygen atoms in total. The lowest BCUT2D eigenvalue weighted by Gasteiger charge is -2.06. The first kappa shape index (κ1) is 17.2. The lowest BCUT2D eigenvalue weighted by molar-refractivity contribution is 0.410. The minimum atomic E-state index is 0.709. The summed E-state index contributed by atoms with van der Waals surface area (Å²) in [6.45, 7) is 0.